The Morgan fingerprint density at radius 1 is 1.45 bits per heavy atom. The van der Waals surface area contributed by atoms with Gasteiger partial charge in [0.1, 0.15) is 11.5 Å². The number of hydrogen-bond acceptors (Lipinski definition) is 2. The Morgan fingerprint density at radius 3 is 2.82 bits per heavy atom. The number of aromatic nitrogens is 2. The molecule has 1 atom stereocenters. The summed E-state index contributed by atoms with van der Waals surface area (Å²) in [4.78, 5) is 14.7. The van der Waals surface area contributed by atoms with Crippen LogP contribution in [-0.4, -0.2) is 21.7 Å². The maximum absolute atomic E-state index is 13.4. The molecule has 2 aromatic rings. The summed E-state index contributed by atoms with van der Waals surface area (Å²) >= 11 is 6.24. The number of carbonyl (C=O) groups excluding carboxylic acids is 1. The normalized spacial score (nSPS) is 17.5. The fourth-order valence-corrected chi connectivity index (χ4v) is 3.25. The van der Waals surface area contributed by atoms with Crippen LogP contribution in [0.1, 0.15) is 35.1 Å². The SMILES string of the molecule is Cc1nn(C)c(C(=O)N2c3ccc(F)cc3CC[C@@H]2C)c1Cl. The Kier molecular flexibility index (Phi) is 3.68. The van der Waals surface area contributed by atoms with Crippen molar-refractivity contribution in [3.63, 3.8) is 0 Å². The zero-order valence-corrected chi connectivity index (χ0v) is 13.5. The minimum absolute atomic E-state index is 0.0248. The van der Waals surface area contributed by atoms with Gasteiger partial charge in [-0.05, 0) is 50.5 Å². The molecule has 4 nitrogen and oxygen atoms in total. The molecule has 0 bridgehead atoms. The summed E-state index contributed by atoms with van der Waals surface area (Å²) in [7, 11) is 1.70. The van der Waals surface area contributed by atoms with Gasteiger partial charge in [-0.15, -0.1) is 0 Å². The molecule has 1 aromatic carbocycles. The molecule has 1 aromatic heterocycles. The fourth-order valence-electron chi connectivity index (χ4n) is 3.01. The number of benzene rings is 1. The average molecular weight is 322 g/mol. The fraction of sp³-hybridized carbons (Fsp3) is 0.375. The van der Waals surface area contributed by atoms with Crippen LogP contribution >= 0.6 is 11.6 Å². The molecule has 3 rings (SSSR count). The number of anilines is 1. The highest BCUT2D eigenvalue weighted by Gasteiger charge is 2.32. The van der Waals surface area contributed by atoms with Crippen LogP contribution in [0.2, 0.25) is 5.02 Å². The Balaban J connectivity index is 2.09. The second-order valence-corrected chi connectivity index (χ2v) is 6.09. The van der Waals surface area contributed by atoms with Crippen molar-refractivity contribution >= 4 is 23.2 Å². The van der Waals surface area contributed by atoms with Gasteiger partial charge in [-0.25, -0.2) is 4.39 Å². The van der Waals surface area contributed by atoms with Crippen LogP contribution in [0.25, 0.3) is 0 Å². The molecule has 116 valence electrons. The molecular weight excluding hydrogens is 305 g/mol. The van der Waals surface area contributed by atoms with E-state index in [1.807, 2.05) is 6.92 Å². The molecule has 1 amide bonds. The number of nitrogens with zero attached hydrogens (tertiary/aromatic N) is 3. The van der Waals surface area contributed by atoms with E-state index in [1.165, 1.54) is 16.8 Å². The van der Waals surface area contributed by atoms with Gasteiger partial charge in [0.05, 0.1) is 10.7 Å². The van der Waals surface area contributed by atoms with E-state index in [9.17, 15) is 9.18 Å². The molecule has 0 saturated carbocycles. The van der Waals surface area contributed by atoms with Gasteiger partial charge in [0.15, 0.2) is 0 Å². The average Bonchev–Trinajstić information content (AvgIpc) is 2.71. The summed E-state index contributed by atoms with van der Waals surface area (Å²) in [6, 6.07) is 4.57. The maximum atomic E-state index is 13.4. The number of amides is 1. The monoisotopic (exact) mass is 321 g/mol. The van der Waals surface area contributed by atoms with Crippen LogP contribution in [0.15, 0.2) is 18.2 Å². The molecule has 0 spiro atoms. The van der Waals surface area contributed by atoms with Crippen LogP contribution in [0.4, 0.5) is 10.1 Å². The van der Waals surface area contributed by atoms with Gasteiger partial charge in [-0.3, -0.25) is 9.48 Å². The third-order valence-electron chi connectivity index (χ3n) is 4.14. The minimum Gasteiger partial charge on any atom is -0.304 e. The third-order valence-corrected chi connectivity index (χ3v) is 4.60. The molecule has 6 heteroatoms. The highest BCUT2D eigenvalue weighted by molar-refractivity contribution is 6.35. The van der Waals surface area contributed by atoms with E-state index in [-0.39, 0.29) is 17.8 Å². The van der Waals surface area contributed by atoms with Crippen LogP contribution in [-0.2, 0) is 13.5 Å². The molecule has 0 aliphatic carbocycles. The van der Waals surface area contributed by atoms with Gasteiger partial charge in [0, 0.05) is 18.8 Å². The number of fused-ring (bicyclic) bond motifs is 1. The second-order valence-electron chi connectivity index (χ2n) is 5.71. The van der Waals surface area contributed by atoms with Crippen molar-refractivity contribution < 1.29 is 9.18 Å². The smallest absolute Gasteiger partial charge is 0.278 e. The maximum Gasteiger partial charge on any atom is 0.278 e. The van der Waals surface area contributed by atoms with Gasteiger partial charge in [0.2, 0.25) is 0 Å². The number of carbonyl (C=O) groups is 1. The molecule has 1 aliphatic heterocycles. The molecule has 0 radical (unpaired) electrons. The Hall–Kier alpha value is -1.88. The summed E-state index contributed by atoms with van der Waals surface area (Å²) in [5, 5.41) is 4.57. The predicted octanol–water partition coefficient (Wildman–Crippen LogP) is 3.50. The van der Waals surface area contributed by atoms with Crippen LogP contribution < -0.4 is 4.90 Å². The number of halogens is 2. The Bertz CT molecular complexity index is 756. The molecule has 2 heterocycles. The van der Waals surface area contributed by atoms with E-state index in [0.717, 1.165) is 24.1 Å². The number of rotatable bonds is 1. The summed E-state index contributed by atoms with van der Waals surface area (Å²) < 4.78 is 14.9. The minimum atomic E-state index is -0.282. The van der Waals surface area contributed by atoms with Crippen molar-refractivity contribution in [1.82, 2.24) is 9.78 Å². The lowest BCUT2D eigenvalue weighted by molar-refractivity contribution is 0.0966. The van der Waals surface area contributed by atoms with Crippen molar-refractivity contribution in [2.24, 2.45) is 7.05 Å². The summed E-state index contributed by atoms with van der Waals surface area (Å²) in [5.74, 6) is -0.483. The third kappa shape index (κ3) is 2.29. The van der Waals surface area contributed by atoms with Crippen LogP contribution in [0.5, 0.6) is 0 Å². The van der Waals surface area contributed by atoms with E-state index < -0.39 is 0 Å². The summed E-state index contributed by atoms with van der Waals surface area (Å²) in [6.07, 6.45) is 1.55. The van der Waals surface area contributed by atoms with Gasteiger partial charge in [-0.1, -0.05) is 11.6 Å². The van der Waals surface area contributed by atoms with Gasteiger partial charge < -0.3 is 4.90 Å². The van der Waals surface area contributed by atoms with Gasteiger partial charge >= 0.3 is 0 Å². The largest absolute Gasteiger partial charge is 0.304 e. The molecular formula is C16H17ClFN3O. The molecule has 22 heavy (non-hydrogen) atoms. The van der Waals surface area contributed by atoms with Crippen molar-refractivity contribution in [3.8, 4) is 0 Å². The number of hydrogen-bond donors (Lipinski definition) is 0. The lowest BCUT2D eigenvalue weighted by Gasteiger charge is -2.35. The molecule has 0 unspecified atom stereocenters. The van der Waals surface area contributed by atoms with Crippen LogP contribution in [0.3, 0.4) is 0 Å². The highest BCUT2D eigenvalue weighted by Crippen LogP contribution is 2.33. The first kappa shape index (κ1) is 15.0. The highest BCUT2D eigenvalue weighted by atomic mass is 35.5. The van der Waals surface area contributed by atoms with E-state index in [1.54, 1.807) is 24.9 Å². The first-order chi connectivity index (χ1) is 10.4. The standard InChI is InChI=1S/C16H17ClFN3O/c1-9-4-5-11-8-12(18)6-7-13(11)21(9)16(22)15-14(17)10(2)19-20(15)3/h6-9H,4-5H2,1-3H3/t9-/m0/s1. The first-order valence-corrected chi connectivity index (χ1v) is 7.59. The number of aryl methyl sites for hydroxylation is 3. The van der Waals surface area contributed by atoms with Crippen molar-refractivity contribution in [1.29, 1.82) is 0 Å². The van der Waals surface area contributed by atoms with Crippen molar-refractivity contribution in [2.75, 3.05) is 4.90 Å². The predicted molar refractivity (Wildman–Crippen MR) is 83.9 cm³/mol. The molecule has 0 saturated heterocycles. The van der Waals surface area contributed by atoms with Crippen LogP contribution in [0, 0.1) is 12.7 Å². The van der Waals surface area contributed by atoms with Gasteiger partial charge in [-0.2, -0.15) is 5.10 Å². The van der Waals surface area contributed by atoms with Gasteiger partial charge in [0.25, 0.3) is 5.91 Å². The summed E-state index contributed by atoms with van der Waals surface area (Å²) in [6.45, 7) is 3.75. The Labute approximate surface area is 133 Å². The topological polar surface area (TPSA) is 38.1 Å². The van der Waals surface area contributed by atoms with Crippen molar-refractivity contribution in [3.05, 3.63) is 46.0 Å². The lowest BCUT2D eigenvalue weighted by Crippen LogP contribution is -2.43. The zero-order chi connectivity index (χ0) is 16.0. The van der Waals surface area contributed by atoms with E-state index in [4.69, 9.17) is 11.6 Å². The van der Waals surface area contributed by atoms with E-state index in [0.29, 0.717) is 16.4 Å². The summed E-state index contributed by atoms with van der Waals surface area (Å²) in [5.41, 5.74) is 2.58. The first-order valence-electron chi connectivity index (χ1n) is 7.21. The molecule has 0 N–H and O–H groups in total. The quantitative estimate of drug-likeness (QED) is 0.806. The van der Waals surface area contributed by atoms with E-state index in [2.05, 4.69) is 5.10 Å². The molecule has 1 aliphatic rings. The second kappa shape index (κ2) is 5.39. The van der Waals surface area contributed by atoms with E-state index >= 15 is 0 Å². The van der Waals surface area contributed by atoms with Crippen molar-refractivity contribution in [2.45, 2.75) is 32.7 Å². The Morgan fingerprint density at radius 2 is 2.18 bits per heavy atom. The lowest BCUT2D eigenvalue weighted by atomic mass is 9.96. The zero-order valence-electron chi connectivity index (χ0n) is 12.7. The molecule has 0 fully saturated rings.